The van der Waals surface area contributed by atoms with E-state index < -0.39 is 0 Å². The predicted molar refractivity (Wildman–Crippen MR) is 116 cm³/mol. The Kier molecular flexibility index (Phi) is 5.69. The quantitative estimate of drug-likeness (QED) is 0.594. The Morgan fingerprint density at radius 3 is 2.63 bits per heavy atom. The number of aromatic nitrogens is 2. The zero-order valence-electron chi connectivity index (χ0n) is 17.2. The van der Waals surface area contributed by atoms with E-state index >= 15 is 0 Å². The number of benzene rings is 2. The van der Waals surface area contributed by atoms with Crippen LogP contribution >= 0.6 is 11.3 Å². The Morgan fingerprint density at radius 2 is 1.87 bits per heavy atom. The monoisotopic (exact) mass is 424 g/mol. The van der Waals surface area contributed by atoms with Crippen LogP contribution in [0.1, 0.15) is 46.7 Å². The number of nitrogens with one attached hydrogen (secondary N) is 2. The minimum atomic E-state index is -0.323. The summed E-state index contributed by atoms with van der Waals surface area (Å²) in [7, 11) is 0. The standard InChI is InChI=1S/C22H24N4O3S/c1-4-14-5-8-16(9-6-14)24-20(27)21-26-25-19(30-21)12-23-22(2,3)15-7-10-17-18(11-15)29-13-28-17/h5-11,23H,4,12-13H2,1-3H3,(H,24,27). The predicted octanol–water partition coefficient (Wildman–Crippen LogP) is 4.11. The summed E-state index contributed by atoms with van der Waals surface area (Å²) in [4.78, 5) is 12.5. The van der Waals surface area contributed by atoms with Crippen LogP contribution in [0.15, 0.2) is 42.5 Å². The van der Waals surface area contributed by atoms with Crippen LogP contribution in [0.5, 0.6) is 11.5 Å². The molecule has 1 aliphatic rings. The fraction of sp³-hybridized carbons (Fsp3) is 0.318. The minimum absolute atomic E-state index is 0.252. The van der Waals surface area contributed by atoms with Crippen LogP contribution in [-0.4, -0.2) is 22.9 Å². The van der Waals surface area contributed by atoms with E-state index in [2.05, 4.69) is 41.6 Å². The molecule has 8 heteroatoms. The Balaban J connectivity index is 1.37. The van der Waals surface area contributed by atoms with E-state index in [-0.39, 0.29) is 18.2 Å². The molecule has 2 heterocycles. The third kappa shape index (κ3) is 4.44. The Labute approximate surface area is 179 Å². The maximum absolute atomic E-state index is 12.5. The van der Waals surface area contributed by atoms with Gasteiger partial charge in [-0.05, 0) is 55.7 Å². The van der Waals surface area contributed by atoms with Gasteiger partial charge in [0, 0.05) is 11.2 Å². The van der Waals surface area contributed by atoms with Crippen molar-refractivity contribution >= 4 is 22.9 Å². The number of carbonyl (C=O) groups is 1. The third-order valence-electron chi connectivity index (χ3n) is 5.06. The van der Waals surface area contributed by atoms with Gasteiger partial charge in [0.25, 0.3) is 5.91 Å². The van der Waals surface area contributed by atoms with E-state index in [0.717, 1.165) is 34.2 Å². The molecule has 0 bridgehead atoms. The van der Waals surface area contributed by atoms with Crippen LogP contribution in [-0.2, 0) is 18.5 Å². The van der Waals surface area contributed by atoms with Crippen molar-refractivity contribution in [2.45, 2.75) is 39.3 Å². The fourth-order valence-electron chi connectivity index (χ4n) is 3.11. The summed E-state index contributed by atoms with van der Waals surface area (Å²) in [6, 6.07) is 13.7. The van der Waals surface area contributed by atoms with Gasteiger partial charge < -0.3 is 20.1 Å². The molecule has 4 rings (SSSR count). The number of anilines is 1. The zero-order valence-corrected chi connectivity index (χ0v) is 18.0. The average molecular weight is 425 g/mol. The number of fused-ring (bicyclic) bond motifs is 1. The minimum Gasteiger partial charge on any atom is -0.454 e. The molecular formula is C22H24N4O3S. The lowest BCUT2D eigenvalue weighted by Gasteiger charge is -2.26. The number of amides is 1. The van der Waals surface area contributed by atoms with Gasteiger partial charge in [-0.15, -0.1) is 10.2 Å². The number of hydrogen-bond donors (Lipinski definition) is 2. The molecule has 156 valence electrons. The average Bonchev–Trinajstić information content (AvgIpc) is 3.42. The number of hydrogen-bond acceptors (Lipinski definition) is 7. The molecule has 1 aliphatic heterocycles. The van der Waals surface area contributed by atoms with Gasteiger partial charge in [0.1, 0.15) is 5.01 Å². The van der Waals surface area contributed by atoms with Gasteiger partial charge in [0.15, 0.2) is 11.5 Å². The van der Waals surface area contributed by atoms with E-state index in [1.165, 1.54) is 16.9 Å². The van der Waals surface area contributed by atoms with Crippen molar-refractivity contribution in [2.24, 2.45) is 0 Å². The number of nitrogens with zero attached hydrogens (tertiary/aromatic N) is 2. The van der Waals surface area contributed by atoms with Crippen LogP contribution in [0, 0.1) is 0 Å². The molecule has 30 heavy (non-hydrogen) atoms. The highest BCUT2D eigenvalue weighted by Crippen LogP contribution is 2.35. The Bertz CT molecular complexity index is 1050. The summed E-state index contributed by atoms with van der Waals surface area (Å²) in [5.74, 6) is 1.26. The second kappa shape index (κ2) is 8.41. The van der Waals surface area contributed by atoms with E-state index in [1.54, 1.807) is 0 Å². The molecule has 0 atom stereocenters. The largest absolute Gasteiger partial charge is 0.454 e. The molecule has 7 nitrogen and oxygen atoms in total. The van der Waals surface area contributed by atoms with Gasteiger partial charge in [-0.3, -0.25) is 4.79 Å². The summed E-state index contributed by atoms with van der Waals surface area (Å²) in [5.41, 5.74) is 2.72. The first kappa shape index (κ1) is 20.3. The normalized spacial score (nSPS) is 12.8. The summed E-state index contributed by atoms with van der Waals surface area (Å²) >= 11 is 1.28. The molecule has 1 aromatic heterocycles. The Hall–Kier alpha value is -2.97. The molecular weight excluding hydrogens is 400 g/mol. The van der Waals surface area contributed by atoms with E-state index in [4.69, 9.17) is 9.47 Å². The molecule has 3 aromatic rings. The smallest absolute Gasteiger partial charge is 0.286 e. The number of carbonyl (C=O) groups excluding carboxylic acids is 1. The van der Waals surface area contributed by atoms with Crippen molar-refractivity contribution in [1.82, 2.24) is 15.5 Å². The molecule has 0 spiro atoms. The van der Waals surface area contributed by atoms with Crippen molar-refractivity contribution in [3.05, 3.63) is 63.6 Å². The molecule has 2 aromatic carbocycles. The summed E-state index contributed by atoms with van der Waals surface area (Å²) < 4.78 is 10.9. The maximum Gasteiger partial charge on any atom is 0.286 e. The highest BCUT2D eigenvalue weighted by molar-refractivity contribution is 7.13. The molecule has 2 N–H and O–H groups in total. The lowest BCUT2D eigenvalue weighted by atomic mass is 9.94. The van der Waals surface area contributed by atoms with Crippen LogP contribution < -0.4 is 20.1 Å². The number of rotatable bonds is 7. The van der Waals surface area contributed by atoms with Crippen LogP contribution in [0.3, 0.4) is 0 Å². The van der Waals surface area contributed by atoms with Gasteiger partial charge in [-0.2, -0.15) is 0 Å². The van der Waals surface area contributed by atoms with Gasteiger partial charge in [0.05, 0.1) is 6.54 Å². The summed E-state index contributed by atoms with van der Waals surface area (Å²) in [6.45, 7) is 7.01. The van der Waals surface area contributed by atoms with Crippen molar-refractivity contribution in [3.8, 4) is 11.5 Å². The van der Waals surface area contributed by atoms with Crippen molar-refractivity contribution in [1.29, 1.82) is 0 Å². The van der Waals surface area contributed by atoms with E-state index in [1.807, 2.05) is 42.5 Å². The van der Waals surface area contributed by atoms with Crippen LogP contribution in [0.25, 0.3) is 0 Å². The first-order chi connectivity index (χ1) is 14.4. The topological polar surface area (TPSA) is 85.4 Å². The van der Waals surface area contributed by atoms with Crippen molar-refractivity contribution in [3.63, 3.8) is 0 Å². The molecule has 0 aliphatic carbocycles. The molecule has 1 amide bonds. The third-order valence-corrected chi connectivity index (χ3v) is 5.98. The first-order valence-electron chi connectivity index (χ1n) is 9.82. The first-order valence-corrected chi connectivity index (χ1v) is 10.6. The number of aryl methyl sites for hydroxylation is 1. The van der Waals surface area contributed by atoms with Gasteiger partial charge in [-0.1, -0.05) is 36.5 Å². The lowest BCUT2D eigenvalue weighted by molar-refractivity contribution is 0.102. The highest BCUT2D eigenvalue weighted by atomic mass is 32.1. The van der Waals surface area contributed by atoms with Gasteiger partial charge in [0.2, 0.25) is 11.8 Å². The van der Waals surface area contributed by atoms with Crippen LogP contribution in [0.4, 0.5) is 5.69 Å². The lowest BCUT2D eigenvalue weighted by Crippen LogP contribution is -2.35. The summed E-state index contributed by atoms with van der Waals surface area (Å²) in [6.07, 6.45) is 0.962. The second-order valence-corrected chi connectivity index (χ2v) is 8.61. The number of ether oxygens (including phenoxy) is 2. The summed E-state index contributed by atoms with van der Waals surface area (Å²) in [5, 5.41) is 15.6. The van der Waals surface area contributed by atoms with Crippen molar-refractivity contribution < 1.29 is 14.3 Å². The van der Waals surface area contributed by atoms with E-state index in [9.17, 15) is 4.79 Å². The Morgan fingerprint density at radius 1 is 1.10 bits per heavy atom. The van der Waals surface area contributed by atoms with Crippen molar-refractivity contribution in [2.75, 3.05) is 12.1 Å². The second-order valence-electron chi connectivity index (χ2n) is 7.55. The molecule has 0 saturated heterocycles. The SMILES string of the molecule is CCc1ccc(NC(=O)c2nnc(CNC(C)(C)c3ccc4c(c3)OCO4)s2)cc1. The van der Waals surface area contributed by atoms with Gasteiger partial charge >= 0.3 is 0 Å². The van der Waals surface area contributed by atoms with Crippen LogP contribution in [0.2, 0.25) is 0 Å². The fourth-order valence-corrected chi connectivity index (χ4v) is 3.78. The molecule has 0 fully saturated rings. The highest BCUT2D eigenvalue weighted by Gasteiger charge is 2.24. The molecule has 0 radical (unpaired) electrons. The maximum atomic E-state index is 12.5. The molecule has 0 saturated carbocycles. The van der Waals surface area contributed by atoms with Gasteiger partial charge in [-0.25, -0.2) is 0 Å². The molecule has 0 unspecified atom stereocenters. The zero-order chi connectivity index (χ0) is 21.1. The van der Waals surface area contributed by atoms with E-state index in [0.29, 0.717) is 11.6 Å².